The Morgan fingerprint density at radius 3 is 2.06 bits per heavy atom. The Morgan fingerprint density at radius 1 is 0.871 bits per heavy atom. The number of para-hydroxylation sites is 1. The van der Waals surface area contributed by atoms with E-state index in [0.717, 1.165) is 12.2 Å². The molecule has 6 nitrogen and oxygen atoms in total. The summed E-state index contributed by atoms with van der Waals surface area (Å²) in [5.74, 6) is 1.56. The van der Waals surface area contributed by atoms with Crippen LogP contribution in [0.4, 0.5) is 5.69 Å². The quantitative estimate of drug-likeness (QED) is 0.601. The second-order valence-corrected chi connectivity index (χ2v) is 8.90. The van der Waals surface area contributed by atoms with Crippen LogP contribution in [-0.4, -0.2) is 29.2 Å². The molecule has 1 heterocycles. The van der Waals surface area contributed by atoms with Crippen LogP contribution in [0.1, 0.15) is 6.42 Å². The molecule has 7 rings (SSSR count). The third kappa shape index (κ3) is 2.97. The fourth-order valence-electron chi connectivity index (χ4n) is 5.75. The molecule has 3 amide bonds. The van der Waals surface area contributed by atoms with Gasteiger partial charge in [0.15, 0.2) is 0 Å². The number of anilines is 1. The summed E-state index contributed by atoms with van der Waals surface area (Å²) in [6.07, 6.45) is 5.39. The van der Waals surface area contributed by atoms with E-state index in [1.54, 1.807) is 24.3 Å². The Morgan fingerprint density at radius 2 is 1.45 bits per heavy atom. The maximum absolute atomic E-state index is 13.0. The van der Waals surface area contributed by atoms with Crippen molar-refractivity contribution in [3.05, 3.63) is 66.7 Å². The van der Waals surface area contributed by atoms with Gasteiger partial charge in [0.25, 0.3) is 0 Å². The fourth-order valence-corrected chi connectivity index (χ4v) is 5.75. The van der Waals surface area contributed by atoms with E-state index in [-0.39, 0.29) is 47.9 Å². The molecule has 156 valence electrons. The molecule has 2 aromatic rings. The molecule has 6 atom stereocenters. The largest absolute Gasteiger partial charge is 0.457 e. The Labute approximate surface area is 179 Å². The lowest BCUT2D eigenvalue weighted by molar-refractivity contribution is -0.142. The van der Waals surface area contributed by atoms with Crippen molar-refractivity contribution in [2.24, 2.45) is 35.5 Å². The molecule has 1 saturated heterocycles. The lowest BCUT2D eigenvalue weighted by atomic mass is 9.63. The molecule has 3 fully saturated rings. The third-order valence-electron chi connectivity index (χ3n) is 7.17. The van der Waals surface area contributed by atoms with Gasteiger partial charge in [0.05, 0.1) is 11.8 Å². The van der Waals surface area contributed by atoms with Crippen molar-refractivity contribution in [3.63, 3.8) is 0 Å². The van der Waals surface area contributed by atoms with Crippen LogP contribution in [0.3, 0.4) is 0 Å². The van der Waals surface area contributed by atoms with Crippen LogP contribution >= 0.6 is 0 Å². The lowest BCUT2D eigenvalue weighted by Gasteiger charge is -2.37. The Bertz CT molecular complexity index is 1060. The molecule has 6 unspecified atom stereocenters. The predicted molar refractivity (Wildman–Crippen MR) is 113 cm³/mol. The molecule has 2 saturated carbocycles. The number of carbonyl (C=O) groups is 3. The van der Waals surface area contributed by atoms with Crippen LogP contribution in [0.25, 0.3) is 0 Å². The Balaban J connectivity index is 1.10. The van der Waals surface area contributed by atoms with Gasteiger partial charge in [0, 0.05) is 5.69 Å². The van der Waals surface area contributed by atoms with Crippen molar-refractivity contribution in [2.75, 3.05) is 11.9 Å². The van der Waals surface area contributed by atoms with Crippen molar-refractivity contribution >= 4 is 23.4 Å². The minimum atomic E-state index is -0.373. The SMILES string of the molecule is O=C(CN1C(=O)C2C3C=CC(C4CC34)C2C1=O)Nc1ccc(Oc2ccccc2)cc1. The van der Waals surface area contributed by atoms with E-state index in [4.69, 9.17) is 4.74 Å². The first-order chi connectivity index (χ1) is 15.1. The molecule has 4 aliphatic carbocycles. The van der Waals surface area contributed by atoms with Crippen LogP contribution in [-0.2, 0) is 14.4 Å². The molecule has 0 radical (unpaired) electrons. The Kier molecular flexibility index (Phi) is 4.03. The van der Waals surface area contributed by atoms with E-state index < -0.39 is 0 Å². The molecular weight excluding hydrogens is 392 g/mol. The van der Waals surface area contributed by atoms with Crippen molar-refractivity contribution in [1.29, 1.82) is 0 Å². The first-order valence-corrected chi connectivity index (χ1v) is 10.8. The highest BCUT2D eigenvalue weighted by Crippen LogP contribution is 2.65. The van der Waals surface area contributed by atoms with Crippen LogP contribution in [0.2, 0.25) is 0 Å². The summed E-state index contributed by atoms with van der Waals surface area (Å²) in [5.41, 5.74) is 0.588. The Hall–Kier alpha value is -3.41. The van der Waals surface area contributed by atoms with Gasteiger partial charge in [-0.25, -0.2) is 0 Å². The zero-order valence-electron chi connectivity index (χ0n) is 16.8. The zero-order chi connectivity index (χ0) is 21.1. The minimum absolute atomic E-state index is 0.168. The van der Waals surface area contributed by atoms with Crippen molar-refractivity contribution in [2.45, 2.75) is 6.42 Å². The topological polar surface area (TPSA) is 75.7 Å². The highest BCUT2D eigenvalue weighted by molar-refractivity contribution is 6.09. The normalized spacial score (nSPS) is 31.9. The fraction of sp³-hybridized carbons (Fsp3) is 0.320. The predicted octanol–water partition coefficient (Wildman–Crippen LogP) is 3.47. The number of hydrogen-bond acceptors (Lipinski definition) is 4. The number of benzene rings is 2. The number of amides is 3. The van der Waals surface area contributed by atoms with E-state index in [0.29, 0.717) is 23.3 Å². The van der Waals surface area contributed by atoms with Crippen molar-refractivity contribution < 1.29 is 19.1 Å². The smallest absolute Gasteiger partial charge is 0.244 e. The van der Waals surface area contributed by atoms with E-state index >= 15 is 0 Å². The lowest BCUT2D eigenvalue weighted by Crippen LogP contribution is -2.40. The van der Waals surface area contributed by atoms with Gasteiger partial charge in [-0.15, -0.1) is 0 Å². The first-order valence-electron chi connectivity index (χ1n) is 10.8. The van der Waals surface area contributed by atoms with Crippen LogP contribution in [0.5, 0.6) is 11.5 Å². The number of ether oxygens (including phenoxy) is 1. The number of hydrogen-bond donors (Lipinski definition) is 1. The van der Waals surface area contributed by atoms with Gasteiger partial charge < -0.3 is 10.1 Å². The van der Waals surface area contributed by atoms with E-state index in [1.165, 1.54) is 4.90 Å². The molecular formula is C25H22N2O4. The van der Waals surface area contributed by atoms with Gasteiger partial charge >= 0.3 is 0 Å². The van der Waals surface area contributed by atoms with Crippen LogP contribution < -0.4 is 10.1 Å². The minimum Gasteiger partial charge on any atom is -0.457 e. The number of nitrogens with zero attached hydrogens (tertiary/aromatic N) is 1. The summed E-state index contributed by atoms with van der Waals surface area (Å²) in [5, 5.41) is 2.78. The van der Waals surface area contributed by atoms with E-state index in [2.05, 4.69) is 17.5 Å². The van der Waals surface area contributed by atoms with Gasteiger partial charge in [-0.2, -0.15) is 0 Å². The molecule has 5 aliphatic rings. The van der Waals surface area contributed by atoms with Crippen LogP contribution in [0.15, 0.2) is 66.7 Å². The molecule has 1 aliphatic heterocycles. The molecule has 2 aromatic carbocycles. The number of carbonyl (C=O) groups excluding carboxylic acids is 3. The molecule has 2 bridgehead atoms. The van der Waals surface area contributed by atoms with Gasteiger partial charge in [-0.1, -0.05) is 30.4 Å². The summed E-state index contributed by atoms with van der Waals surface area (Å²) in [7, 11) is 0. The van der Waals surface area contributed by atoms with Gasteiger partial charge in [0.1, 0.15) is 18.0 Å². The second kappa shape index (κ2) is 6.80. The van der Waals surface area contributed by atoms with E-state index in [9.17, 15) is 14.4 Å². The third-order valence-corrected chi connectivity index (χ3v) is 7.17. The molecule has 0 spiro atoms. The van der Waals surface area contributed by atoms with Gasteiger partial charge in [-0.3, -0.25) is 19.3 Å². The molecule has 31 heavy (non-hydrogen) atoms. The number of likely N-dealkylation sites (tertiary alicyclic amines) is 1. The number of nitrogens with one attached hydrogen (secondary N) is 1. The van der Waals surface area contributed by atoms with Gasteiger partial charge in [0.2, 0.25) is 17.7 Å². The maximum Gasteiger partial charge on any atom is 0.244 e. The average Bonchev–Trinajstić information content (AvgIpc) is 3.57. The second-order valence-electron chi connectivity index (χ2n) is 8.90. The zero-order valence-corrected chi connectivity index (χ0v) is 16.8. The summed E-state index contributed by atoms with van der Waals surface area (Å²) in [4.78, 5) is 39.7. The van der Waals surface area contributed by atoms with E-state index in [1.807, 2.05) is 30.3 Å². The highest BCUT2D eigenvalue weighted by Gasteiger charge is 2.67. The van der Waals surface area contributed by atoms with Gasteiger partial charge in [-0.05, 0) is 66.5 Å². The molecule has 1 N–H and O–H groups in total. The average molecular weight is 414 g/mol. The number of allylic oxidation sites excluding steroid dienone is 2. The van der Waals surface area contributed by atoms with Crippen molar-refractivity contribution in [3.8, 4) is 11.5 Å². The monoisotopic (exact) mass is 414 g/mol. The first kappa shape index (κ1) is 18.4. The summed E-state index contributed by atoms with van der Waals surface area (Å²) in [6, 6.07) is 16.4. The number of rotatable bonds is 5. The number of imide groups is 1. The highest BCUT2D eigenvalue weighted by atomic mass is 16.5. The maximum atomic E-state index is 13.0. The summed E-state index contributed by atoms with van der Waals surface area (Å²) in [6.45, 7) is -0.234. The van der Waals surface area contributed by atoms with Crippen molar-refractivity contribution in [1.82, 2.24) is 4.90 Å². The standard InChI is InChI=1S/C25H22N2O4/c28-21(26-14-6-8-16(9-7-14)31-15-4-2-1-3-5-15)13-27-24(29)22-17-10-11-18(20-12-19(17)20)23(22)25(27)30/h1-11,17-20,22-23H,12-13H2,(H,26,28). The molecule has 0 aromatic heterocycles. The molecule has 6 heteroatoms. The summed E-state index contributed by atoms with van der Waals surface area (Å²) >= 11 is 0. The summed E-state index contributed by atoms with van der Waals surface area (Å²) < 4.78 is 5.75. The van der Waals surface area contributed by atoms with Crippen LogP contribution in [0, 0.1) is 35.5 Å².